The predicted molar refractivity (Wildman–Crippen MR) is 73.9 cm³/mol. The average molecular weight is 257 g/mol. The Kier molecular flexibility index (Phi) is 3.71. The number of aromatic hydroxyl groups is 1. The highest BCUT2D eigenvalue weighted by Gasteiger charge is 2.09. The Morgan fingerprint density at radius 3 is 2.47 bits per heavy atom. The van der Waals surface area contributed by atoms with Crippen molar-refractivity contribution in [2.45, 2.75) is 6.92 Å². The number of hydrogen-bond acceptors (Lipinski definition) is 4. The maximum Gasteiger partial charge on any atom is 0.337 e. The molecule has 2 N–H and O–H groups in total. The van der Waals surface area contributed by atoms with Crippen LogP contribution in [0.5, 0.6) is 5.75 Å². The minimum Gasteiger partial charge on any atom is -0.506 e. The van der Waals surface area contributed by atoms with Gasteiger partial charge in [0.15, 0.2) is 0 Å². The topological polar surface area (TPSA) is 58.6 Å². The molecule has 0 heterocycles. The highest BCUT2D eigenvalue weighted by molar-refractivity contribution is 5.91. The number of ether oxygens (including phenoxy) is 1. The number of rotatable bonds is 3. The van der Waals surface area contributed by atoms with Crippen molar-refractivity contribution in [3.63, 3.8) is 0 Å². The number of carbonyl (C=O) groups excluding carboxylic acids is 1. The summed E-state index contributed by atoms with van der Waals surface area (Å²) in [7, 11) is 1.32. The lowest BCUT2D eigenvalue weighted by molar-refractivity contribution is 0.0601. The number of phenols is 1. The molecule has 0 spiro atoms. The summed E-state index contributed by atoms with van der Waals surface area (Å²) in [6.45, 7) is 2.00. The predicted octanol–water partition coefficient (Wildman–Crippen LogP) is 3.23. The van der Waals surface area contributed by atoms with Gasteiger partial charge in [-0.3, -0.25) is 0 Å². The summed E-state index contributed by atoms with van der Waals surface area (Å²) >= 11 is 0. The van der Waals surface area contributed by atoms with Crippen molar-refractivity contribution in [3.05, 3.63) is 53.6 Å². The Labute approximate surface area is 111 Å². The first-order valence-electron chi connectivity index (χ1n) is 5.85. The maximum atomic E-state index is 11.4. The van der Waals surface area contributed by atoms with E-state index in [4.69, 9.17) is 0 Å². The molecule has 4 nitrogen and oxygen atoms in total. The Balaban J connectivity index is 2.28. The van der Waals surface area contributed by atoms with E-state index in [1.165, 1.54) is 19.2 Å². The van der Waals surface area contributed by atoms with Gasteiger partial charge in [-0.05, 0) is 37.3 Å². The number of hydrogen-bond donors (Lipinski definition) is 2. The molecular weight excluding hydrogens is 242 g/mol. The van der Waals surface area contributed by atoms with E-state index in [2.05, 4.69) is 10.1 Å². The summed E-state index contributed by atoms with van der Waals surface area (Å²) < 4.78 is 4.65. The molecule has 0 aliphatic heterocycles. The first kappa shape index (κ1) is 13.0. The van der Waals surface area contributed by atoms with Gasteiger partial charge >= 0.3 is 5.97 Å². The summed E-state index contributed by atoms with van der Waals surface area (Å²) in [6, 6.07) is 12.3. The van der Waals surface area contributed by atoms with Gasteiger partial charge in [0.2, 0.25) is 0 Å². The number of aryl methyl sites for hydroxylation is 1. The fourth-order valence-corrected chi connectivity index (χ4v) is 1.67. The van der Waals surface area contributed by atoms with E-state index in [-0.39, 0.29) is 5.75 Å². The van der Waals surface area contributed by atoms with Gasteiger partial charge in [-0.25, -0.2) is 4.79 Å². The quantitative estimate of drug-likeness (QED) is 0.654. The zero-order valence-corrected chi connectivity index (χ0v) is 10.8. The minimum absolute atomic E-state index is 0.0771. The second-order valence-electron chi connectivity index (χ2n) is 4.21. The summed E-state index contributed by atoms with van der Waals surface area (Å²) in [5, 5.41) is 12.9. The minimum atomic E-state index is -0.438. The van der Waals surface area contributed by atoms with Crippen molar-refractivity contribution in [2.75, 3.05) is 12.4 Å². The number of methoxy groups -OCH3 is 1. The lowest BCUT2D eigenvalue weighted by Crippen LogP contribution is -2.02. The maximum absolute atomic E-state index is 11.4. The Morgan fingerprint density at radius 1 is 1.16 bits per heavy atom. The van der Waals surface area contributed by atoms with Crippen LogP contribution >= 0.6 is 0 Å². The van der Waals surface area contributed by atoms with Gasteiger partial charge < -0.3 is 15.2 Å². The van der Waals surface area contributed by atoms with Crippen molar-refractivity contribution in [2.24, 2.45) is 0 Å². The van der Waals surface area contributed by atoms with Crippen LogP contribution in [0.4, 0.5) is 11.4 Å². The van der Waals surface area contributed by atoms with Gasteiger partial charge in [0.25, 0.3) is 0 Å². The smallest absolute Gasteiger partial charge is 0.337 e. The van der Waals surface area contributed by atoms with Crippen LogP contribution in [0.3, 0.4) is 0 Å². The molecule has 0 radical (unpaired) electrons. The number of anilines is 2. The van der Waals surface area contributed by atoms with Crippen LogP contribution in [0.25, 0.3) is 0 Å². The van der Waals surface area contributed by atoms with Crippen LogP contribution in [0, 0.1) is 6.92 Å². The lowest BCUT2D eigenvalue weighted by Gasteiger charge is -2.10. The van der Waals surface area contributed by atoms with Crippen molar-refractivity contribution < 1.29 is 14.6 Å². The molecular formula is C15H15NO3. The lowest BCUT2D eigenvalue weighted by atomic mass is 10.1. The van der Waals surface area contributed by atoms with Crippen LogP contribution in [0.1, 0.15) is 15.9 Å². The molecule has 0 unspecified atom stereocenters. The van der Waals surface area contributed by atoms with Crippen LogP contribution in [0.15, 0.2) is 42.5 Å². The molecule has 0 aliphatic rings. The molecule has 0 atom stereocenters. The summed E-state index contributed by atoms with van der Waals surface area (Å²) in [4.78, 5) is 11.4. The molecule has 0 bridgehead atoms. The zero-order valence-electron chi connectivity index (χ0n) is 10.8. The fraction of sp³-hybridized carbons (Fsp3) is 0.133. The third-order valence-electron chi connectivity index (χ3n) is 2.75. The summed E-state index contributed by atoms with van der Waals surface area (Å²) in [6.07, 6.45) is 0. The highest BCUT2D eigenvalue weighted by atomic mass is 16.5. The van der Waals surface area contributed by atoms with Crippen molar-refractivity contribution in [1.82, 2.24) is 0 Å². The second-order valence-corrected chi connectivity index (χ2v) is 4.21. The highest BCUT2D eigenvalue weighted by Crippen LogP contribution is 2.28. The normalized spacial score (nSPS) is 10.0. The van der Waals surface area contributed by atoms with Gasteiger partial charge in [0, 0.05) is 5.69 Å². The van der Waals surface area contributed by atoms with E-state index in [1.54, 1.807) is 6.07 Å². The van der Waals surface area contributed by atoms with E-state index in [1.807, 2.05) is 31.2 Å². The van der Waals surface area contributed by atoms with Crippen molar-refractivity contribution in [3.8, 4) is 5.75 Å². The standard InChI is InChI=1S/C15H15NO3/c1-10-3-6-12(7-4-10)16-13-9-11(15(18)19-2)5-8-14(13)17/h3-9,16-17H,1-2H3. The van der Waals surface area contributed by atoms with Crippen LogP contribution in [-0.4, -0.2) is 18.2 Å². The SMILES string of the molecule is COC(=O)c1ccc(O)c(Nc2ccc(C)cc2)c1. The average Bonchev–Trinajstić information content (AvgIpc) is 2.43. The first-order chi connectivity index (χ1) is 9.10. The molecule has 2 aromatic carbocycles. The number of esters is 1. The summed E-state index contributed by atoms with van der Waals surface area (Å²) in [5.41, 5.74) is 2.84. The number of benzene rings is 2. The number of nitrogens with one attached hydrogen (secondary N) is 1. The van der Waals surface area contributed by atoms with Crippen molar-refractivity contribution in [1.29, 1.82) is 0 Å². The molecule has 0 aliphatic carbocycles. The molecule has 4 heteroatoms. The Hall–Kier alpha value is -2.49. The van der Waals surface area contributed by atoms with E-state index < -0.39 is 5.97 Å². The third-order valence-corrected chi connectivity index (χ3v) is 2.75. The summed E-state index contributed by atoms with van der Waals surface area (Å²) in [5.74, 6) is -0.361. The molecule has 98 valence electrons. The first-order valence-corrected chi connectivity index (χ1v) is 5.85. The second kappa shape index (κ2) is 5.44. The molecule has 0 aromatic heterocycles. The van der Waals surface area contributed by atoms with Crippen molar-refractivity contribution >= 4 is 17.3 Å². The van der Waals surface area contributed by atoms with E-state index in [0.29, 0.717) is 11.3 Å². The van der Waals surface area contributed by atoms with Crippen LogP contribution < -0.4 is 5.32 Å². The van der Waals surface area contributed by atoms with E-state index in [9.17, 15) is 9.90 Å². The third kappa shape index (κ3) is 3.04. The van der Waals surface area contributed by atoms with Gasteiger partial charge in [-0.1, -0.05) is 17.7 Å². The van der Waals surface area contributed by atoms with Gasteiger partial charge in [0.1, 0.15) is 5.75 Å². The number of carbonyl (C=O) groups is 1. The number of phenolic OH excluding ortho intramolecular Hbond substituents is 1. The fourth-order valence-electron chi connectivity index (χ4n) is 1.67. The van der Waals surface area contributed by atoms with E-state index in [0.717, 1.165) is 11.3 Å². The Morgan fingerprint density at radius 2 is 1.84 bits per heavy atom. The van der Waals surface area contributed by atoms with Gasteiger partial charge in [-0.15, -0.1) is 0 Å². The zero-order chi connectivity index (χ0) is 13.8. The van der Waals surface area contributed by atoms with E-state index >= 15 is 0 Å². The van der Waals surface area contributed by atoms with Crippen LogP contribution in [0.2, 0.25) is 0 Å². The largest absolute Gasteiger partial charge is 0.506 e. The Bertz CT molecular complexity index is 591. The molecule has 2 aromatic rings. The van der Waals surface area contributed by atoms with Gasteiger partial charge in [-0.2, -0.15) is 0 Å². The molecule has 0 saturated heterocycles. The molecule has 19 heavy (non-hydrogen) atoms. The van der Waals surface area contributed by atoms with Crippen LogP contribution in [-0.2, 0) is 4.74 Å². The molecule has 0 fully saturated rings. The molecule has 0 amide bonds. The monoisotopic (exact) mass is 257 g/mol. The molecule has 2 rings (SSSR count). The van der Waals surface area contributed by atoms with Gasteiger partial charge in [0.05, 0.1) is 18.4 Å². The molecule has 0 saturated carbocycles.